The molecule has 1 aromatic heterocycles. The van der Waals surface area contributed by atoms with E-state index in [-0.39, 0.29) is 5.54 Å². The molecular formula is C17H22ClN2S+. The molecule has 112 valence electrons. The van der Waals surface area contributed by atoms with Crippen LogP contribution in [-0.4, -0.2) is 6.54 Å². The summed E-state index contributed by atoms with van der Waals surface area (Å²) >= 11 is 7.80. The minimum atomic E-state index is 0.0425. The first-order valence-electron chi connectivity index (χ1n) is 7.49. The summed E-state index contributed by atoms with van der Waals surface area (Å²) in [6.07, 6.45) is 2.75. The quantitative estimate of drug-likeness (QED) is 0.789. The predicted octanol–water partition coefficient (Wildman–Crippen LogP) is 4.93. The van der Waals surface area contributed by atoms with Crippen LogP contribution in [0.3, 0.4) is 0 Å². The monoisotopic (exact) mass is 321 g/mol. The van der Waals surface area contributed by atoms with Crippen LogP contribution in [0.4, 0.5) is 5.13 Å². The van der Waals surface area contributed by atoms with E-state index in [2.05, 4.69) is 48.2 Å². The van der Waals surface area contributed by atoms with Gasteiger partial charge in [0.15, 0.2) is 0 Å². The summed E-state index contributed by atoms with van der Waals surface area (Å²) in [4.78, 5) is 0. The van der Waals surface area contributed by atoms with Crippen LogP contribution >= 0.6 is 22.9 Å². The third-order valence-electron chi connectivity index (χ3n) is 3.78. The maximum absolute atomic E-state index is 6.01. The van der Waals surface area contributed by atoms with Crippen LogP contribution in [0.15, 0.2) is 29.6 Å². The van der Waals surface area contributed by atoms with Crippen molar-refractivity contribution in [3.05, 3.63) is 34.7 Å². The zero-order valence-corrected chi connectivity index (χ0v) is 14.4. The summed E-state index contributed by atoms with van der Waals surface area (Å²) in [5.41, 5.74) is 2.51. The molecule has 2 aromatic rings. The van der Waals surface area contributed by atoms with Crippen molar-refractivity contribution >= 4 is 28.1 Å². The van der Waals surface area contributed by atoms with Crippen molar-refractivity contribution in [3.8, 4) is 11.3 Å². The number of hydrogen-bond acceptors (Lipinski definition) is 2. The van der Waals surface area contributed by atoms with Gasteiger partial charge in [-0.25, -0.2) is 4.57 Å². The summed E-state index contributed by atoms with van der Waals surface area (Å²) < 4.78 is 2.41. The molecular weight excluding hydrogens is 300 g/mol. The molecule has 1 aliphatic carbocycles. The molecule has 1 heterocycles. The highest BCUT2D eigenvalue weighted by atomic mass is 35.5. The van der Waals surface area contributed by atoms with Gasteiger partial charge in [0.25, 0.3) is 0 Å². The van der Waals surface area contributed by atoms with Crippen molar-refractivity contribution in [2.24, 2.45) is 5.92 Å². The van der Waals surface area contributed by atoms with Crippen LogP contribution in [0, 0.1) is 5.92 Å². The normalized spacial score (nSPS) is 15.2. The van der Waals surface area contributed by atoms with Gasteiger partial charge >= 0.3 is 5.13 Å². The van der Waals surface area contributed by atoms with Gasteiger partial charge in [-0.05, 0) is 63.8 Å². The molecule has 0 aliphatic heterocycles. The number of thiazole rings is 1. The van der Waals surface area contributed by atoms with E-state index in [0.29, 0.717) is 0 Å². The number of benzene rings is 1. The Labute approximate surface area is 135 Å². The molecule has 1 fully saturated rings. The van der Waals surface area contributed by atoms with Crippen molar-refractivity contribution in [1.29, 1.82) is 0 Å². The molecule has 0 saturated heterocycles. The minimum absolute atomic E-state index is 0.0425. The van der Waals surface area contributed by atoms with Crippen LogP contribution in [-0.2, 0) is 5.54 Å². The Morgan fingerprint density at radius 1 is 1.24 bits per heavy atom. The summed E-state index contributed by atoms with van der Waals surface area (Å²) in [5, 5.41) is 7.91. The maximum Gasteiger partial charge on any atom is 0.334 e. The van der Waals surface area contributed by atoms with Gasteiger partial charge in [-0.15, -0.1) is 0 Å². The molecule has 0 bridgehead atoms. The third-order valence-corrected chi connectivity index (χ3v) is 4.92. The zero-order valence-electron chi connectivity index (χ0n) is 12.8. The van der Waals surface area contributed by atoms with Gasteiger partial charge in [0.1, 0.15) is 11.2 Å². The molecule has 0 unspecified atom stereocenters. The van der Waals surface area contributed by atoms with Gasteiger partial charge in [-0.3, -0.25) is 5.32 Å². The standard InChI is InChI=1S/C17H21ClN2S/c1-17(2,3)20-15(13-6-8-14(18)9-7-13)11-21-16(20)19-10-12-4-5-12/h6-9,11-12H,4-5,10H2,1-3H3/p+1. The topological polar surface area (TPSA) is 15.9 Å². The lowest BCUT2D eigenvalue weighted by molar-refractivity contribution is -0.727. The fourth-order valence-corrected chi connectivity index (χ4v) is 3.72. The second-order valence-corrected chi connectivity index (χ2v) is 8.06. The predicted molar refractivity (Wildman–Crippen MR) is 91.2 cm³/mol. The highest BCUT2D eigenvalue weighted by Gasteiger charge is 2.31. The average Bonchev–Trinajstić information content (AvgIpc) is 3.14. The van der Waals surface area contributed by atoms with Crippen LogP contribution in [0.5, 0.6) is 0 Å². The number of halogens is 1. The Kier molecular flexibility index (Phi) is 3.98. The van der Waals surface area contributed by atoms with Gasteiger partial charge in [0, 0.05) is 16.0 Å². The van der Waals surface area contributed by atoms with E-state index in [4.69, 9.17) is 11.6 Å². The Morgan fingerprint density at radius 2 is 1.90 bits per heavy atom. The van der Waals surface area contributed by atoms with E-state index in [1.54, 1.807) is 11.3 Å². The zero-order chi connectivity index (χ0) is 15.0. The van der Waals surface area contributed by atoms with E-state index in [0.717, 1.165) is 17.5 Å². The third kappa shape index (κ3) is 3.41. The largest absolute Gasteiger partial charge is 0.334 e. The Bertz CT molecular complexity index is 621. The second-order valence-electron chi connectivity index (χ2n) is 6.76. The molecule has 0 spiro atoms. The summed E-state index contributed by atoms with van der Waals surface area (Å²) in [6, 6.07) is 8.10. The van der Waals surface area contributed by atoms with Crippen molar-refractivity contribution in [1.82, 2.24) is 0 Å². The summed E-state index contributed by atoms with van der Waals surface area (Å²) in [5.74, 6) is 0.875. The van der Waals surface area contributed by atoms with E-state index < -0.39 is 0 Å². The number of anilines is 1. The number of nitrogens with one attached hydrogen (secondary N) is 1. The molecule has 0 amide bonds. The Balaban J connectivity index is 1.97. The van der Waals surface area contributed by atoms with Gasteiger partial charge in [0.2, 0.25) is 0 Å². The lowest BCUT2D eigenvalue weighted by Gasteiger charge is -2.20. The maximum atomic E-state index is 6.01. The van der Waals surface area contributed by atoms with Crippen molar-refractivity contribution in [3.63, 3.8) is 0 Å². The fraction of sp³-hybridized carbons (Fsp3) is 0.471. The first kappa shape index (κ1) is 14.9. The molecule has 1 aromatic carbocycles. The van der Waals surface area contributed by atoms with Gasteiger partial charge in [0.05, 0.1) is 6.54 Å². The van der Waals surface area contributed by atoms with Crippen molar-refractivity contribution in [2.45, 2.75) is 39.2 Å². The van der Waals surface area contributed by atoms with E-state index in [9.17, 15) is 0 Å². The van der Waals surface area contributed by atoms with E-state index >= 15 is 0 Å². The highest BCUT2D eigenvalue weighted by Crippen LogP contribution is 2.31. The van der Waals surface area contributed by atoms with Crippen LogP contribution in [0.2, 0.25) is 5.02 Å². The molecule has 1 aliphatic rings. The molecule has 21 heavy (non-hydrogen) atoms. The van der Waals surface area contributed by atoms with Gasteiger partial charge in [-0.1, -0.05) is 22.9 Å². The molecule has 1 N–H and O–H groups in total. The van der Waals surface area contributed by atoms with Crippen LogP contribution in [0.25, 0.3) is 11.3 Å². The number of aromatic nitrogens is 1. The second kappa shape index (κ2) is 5.62. The molecule has 0 radical (unpaired) electrons. The lowest BCUT2D eigenvalue weighted by Crippen LogP contribution is -2.52. The SMILES string of the molecule is CC(C)(C)[n+]1c(-c2ccc(Cl)cc2)csc1NCC1CC1. The summed E-state index contributed by atoms with van der Waals surface area (Å²) in [6.45, 7) is 7.85. The van der Waals surface area contributed by atoms with Crippen LogP contribution < -0.4 is 9.88 Å². The first-order valence-corrected chi connectivity index (χ1v) is 8.75. The van der Waals surface area contributed by atoms with E-state index in [1.807, 2.05) is 12.1 Å². The molecule has 1 saturated carbocycles. The smallest absolute Gasteiger partial charge is 0.265 e. The van der Waals surface area contributed by atoms with Crippen molar-refractivity contribution in [2.75, 3.05) is 11.9 Å². The van der Waals surface area contributed by atoms with Gasteiger partial charge in [-0.2, -0.15) is 0 Å². The number of nitrogens with zero attached hydrogens (tertiary/aromatic N) is 1. The fourth-order valence-electron chi connectivity index (χ4n) is 2.48. The summed E-state index contributed by atoms with van der Waals surface area (Å²) in [7, 11) is 0. The molecule has 3 rings (SSSR count). The molecule has 2 nitrogen and oxygen atoms in total. The first-order chi connectivity index (χ1) is 9.95. The lowest BCUT2D eigenvalue weighted by atomic mass is 10.1. The number of hydrogen-bond donors (Lipinski definition) is 1. The molecule has 4 heteroatoms. The molecule has 0 atom stereocenters. The highest BCUT2D eigenvalue weighted by molar-refractivity contribution is 7.13. The Morgan fingerprint density at radius 3 is 2.48 bits per heavy atom. The van der Waals surface area contributed by atoms with E-state index in [1.165, 1.54) is 29.2 Å². The average molecular weight is 322 g/mol. The number of rotatable bonds is 4. The van der Waals surface area contributed by atoms with Gasteiger partial charge < -0.3 is 0 Å². The van der Waals surface area contributed by atoms with Crippen LogP contribution in [0.1, 0.15) is 33.6 Å². The minimum Gasteiger partial charge on any atom is -0.265 e. The Hall–Kier alpha value is -1.06. The van der Waals surface area contributed by atoms with Crippen molar-refractivity contribution < 1.29 is 4.57 Å².